The minimum absolute atomic E-state index is 0.289. The first kappa shape index (κ1) is 11.2. The van der Waals surface area contributed by atoms with Crippen molar-refractivity contribution in [3.05, 3.63) is 11.8 Å². The third-order valence-corrected chi connectivity index (χ3v) is 5.08. The van der Waals surface area contributed by atoms with Crippen LogP contribution in [-0.4, -0.2) is 21.8 Å². The fraction of sp³-hybridized carbons (Fsp3) is 0.833. The van der Waals surface area contributed by atoms with Crippen LogP contribution < -0.4 is 0 Å². The predicted molar refractivity (Wildman–Crippen MR) is 63.2 cm³/mol. The second-order valence-corrected chi connectivity index (χ2v) is 6.36. The second-order valence-electron chi connectivity index (χ2n) is 4.52. The predicted octanol–water partition coefficient (Wildman–Crippen LogP) is 2.76. The molecule has 15 heavy (non-hydrogen) atoms. The average molecular weight is 228 g/mol. The molecule has 2 rings (SSSR count). The summed E-state index contributed by atoms with van der Waals surface area (Å²) < 4.78 is 17.2. The van der Waals surface area contributed by atoms with E-state index in [0.717, 1.165) is 18.6 Å². The lowest BCUT2D eigenvalue weighted by Crippen LogP contribution is -2.26. The molecule has 0 amide bonds. The molecule has 0 aromatic heterocycles. The number of hydrogen-bond donors (Lipinski definition) is 0. The highest BCUT2D eigenvalue weighted by molar-refractivity contribution is 7.85. The van der Waals surface area contributed by atoms with Crippen molar-refractivity contribution in [2.75, 3.05) is 12.4 Å². The van der Waals surface area contributed by atoms with Crippen LogP contribution in [0.25, 0.3) is 0 Å². The smallest absolute Gasteiger partial charge is 0.102 e. The molecule has 86 valence electrons. The summed E-state index contributed by atoms with van der Waals surface area (Å²) in [5, 5.41) is 0.289. The minimum Gasteiger partial charge on any atom is -0.500 e. The number of ether oxygens (including phenoxy) is 1. The Morgan fingerprint density at radius 2 is 2.07 bits per heavy atom. The Morgan fingerprint density at radius 1 is 1.27 bits per heavy atom. The highest BCUT2D eigenvalue weighted by atomic mass is 32.2. The molecule has 0 aromatic rings. The maximum absolute atomic E-state index is 11.6. The molecule has 1 saturated carbocycles. The molecule has 2 atom stereocenters. The SMILES string of the molecule is O=S1CCCCC1COC=C1CCCC1. The van der Waals surface area contributed by atoms with E-state index in [1.54, 1.807) is 0 Å². The zero-order valence-electron chi connectivity index (χ0n) is 9.24. The Balaban J connectivity index is 1.72. The minimum atomic E-state index is -0.635. The molecule has 0 N–H and O–H groups in total. The van der Waals surface area contributed by atoms with Crippen molar-refractivity contribution in [3.8, 4) is 0 Å². The van der Waals surface area contributed by atoms with Crippen LogP contribution in [0.1, 0.15) is 44.9 Å². The van der Waals surface area contributed by atoms with Gasteiger partial charge < -0.3 is 4.74 Å². The lowest BCUT2D eigenvalue weighted by Gasteiger charge is -2.20. The van der Waals surface area contributed by atoms with Crippen molar-refractivity contribution in [2.24, 2.45) is 0 Å². The molecule has 3 heteroatoms. The van der Waals surface area contributed by atoms with Crippen LogP contribution in [0.15, 0.2) is 11.8 Å². The quantitative estimate of drug-likeness (QED) is 0.694. The summed E-state index contributed by atoms with van der Waals surface area (Å²) >= 11 is 0. The first-order valence-electron chi connectivity index (χ1n) is 6.03. The van der Waals surface area contributed by atoms with E-state index < -0.39 is 10.8 Å². The molecule has 2 unspecified atom stereocenters. The van der Waals surface area contributed by atoms with Gasteiger partial charge in [-0.25, -0.2) is 0 Å². The van der Waals surface area contributed by atoms with Crippen molar-refractivity contribution in [1.82, 2.24) is 0 Å². The maximum Gasteiger partial charge on any atom is 0.102 e. The first-order chi connectivity index (χ1) is 7.36. The summed E-state index contributed by atoms with van der Waals surface area (Å²) in [5.74, 6) is 0.880. The lowest BCUT2D eigenvalue weighted by atomic mass is 10.2. The Bertz CT molecular complexity index is 252. The summed E-state index contributed by atoms with van der Waals surface area (Å²) in [6.45, 7) is 0.663. The van der Waals surface area contributed by atoms with E-state index in [-0.39, 0.29) is 5.25 Å². The number of rotatable bonds is 3. The normalized spacial score (nSPS) is 31.6. The van der Waals surface area contributed by atoms with Crippen molar-refractivity contribution in [3.63, 3.8) is 0 Å². The van der Waals surface area contributed by atoms with E-state index in [9.17, 15) is 4.21 Å². The van der Waals surface area contributed by atoms with Gasteiger partial charge in [0.2, 0.25) is 0 Å². The van der Waals surface area contributed by atoms with Crippen molar-refractivity contribution in [1.29, 1.82) is 0 Å². The molecule has 1 aliphatic heterocycles. The van der Waals surface area contributed by atoms with Gasteiger partial charge in [0.05, 0.1) is 11.5 Å². The van der Waals surface area contributed by atoms with E-state index in [4.69, 9.17) is 4.74 Å². The Hall–Kier alpha value is -0.310. The Morgan fingerprint density at radius 3 is 2.80 bits per heavy atom. The Labute approximate surface area is 94.5 Å². The van der Waals surface area contributed by atoms with Gasteiger partial charge in [0.1, 0.15) is 6.61 Å². The van der Waals surface area contributed by atoms with Gasteiger partial charge in [-0.1, -0.05) is 6.42 Å². The van der Waals surface area contributed by atoms with Crippen molar-refractivity contribution >= 4 is 10.8 Å². The van der Waals surface area contributed by atoms with E-state index in [2.05, 4.69) is 0 Å². The molecule has 2 nitrogen and oxygen atoms in total. The third kappa shape index (κ3) is 3.33. The van der Waals surface area contributed by atoms with Crippen LogP contribution in [-0.2, 0) is 15.5 Å². The van der Waals surface area contributed by atoms with Gasteiger partial charge in [0.25, 0.3) is 0 Å². The monoisotopic (exact) mass is 228 g/mol. The van der Waals surface area contributed by atoms with E-state index >= 15 is 0 Å². The van der Waals surface area contributed by atoms with Gasteiger partial charge >= 0.3 is 0 Å². The Kier molecular flexibility index (Phi) is 4.24. The zero-order valence-corrected chi connectivity index (χ0v) is 10.1. The molecular weight excluding hydrogens is 208 g/mol. The van der Waals surface area contributed by atoms with Gasteiger partial charge in [-0.15, -0.1) is 0 Å². The fourth-order valence-corrected chi connectivity index (χ4v) is 3.78. The topological polar surface area (TPSA) is 26.3 Å². The van der Waals surface area contributed by atoms with Gasteiger partial charge in [0.15, 0.2) is 0 Å². The van der Waals surface area contributed by atoms with Crippen LogP contribution in [0.5, 0.6) is 0 Å². The summed E-state index contributed by atoms with van der Waals surface area (Å²) in [4.78, 5) is 0. The molecule has 0 spiro atoms. The summed E-state index contributed by atoms with van der Waals surface area (Å²) in [5.41, 5.74) is 1.44. The number of allylic oxidation sites excluding steroid dienone is 1. The fourth-order valence-electron chi connectivity index (χ4n) is 2.29. The standard InChI is InChI=1S/C12H20O2S/c13-15-8-4-3-7-12(15)10-14-9-11-5-1-2-6-11/h9,12H,1-8,10H2. The molecule has 1 aliphatic carbocycles. The zero-order chi connectivity index (χ0) is 10.5. The molecule has 2 fully saturated rings. The van der Waals surface area contributed by atoms with Crippen LogP contribution in [0.4, 0.5) is 0 Å². The van der Waals surface area contributed by atoms with Crippen LogP contribution in [0, 0.1) is 0 Å². The molecule has 2 aliphatic rings. The van der Waals surface area contributed by atoms with Crippen molar-refractivity contribution in [2.45, 2.75) is 50.2 Å². The van der Waals surface area contributed by atoms with E-state index in [0.29, 0.717) is 6.61 Å². The highest BCUT2D eigenvalue weighted by Crippen LogP contribution is 2.24. The van der Waals surface area contributed by atoms with Crippen molar-refractivity contribution < 1.29 is 8.95 Å². The summed E-state index contributed by atoms with van der Waals surface area (Å²) in [7, 11) is -0.635. The van der Waals surface area contributed by atoms with Gasteiger partial charge in [-0.2, -0.15) is 0 Å². The summed E-state index contributed by atoms with van der Waals surface area (Å²) in [6, 6.07) is 0. The molecule has 0 aromatic carbocycles. The van der Waals surface area contributed by atoms with Gasteiger partial charge in [-0.05, 0) is 44.1 Å². The van der Waals surface area contributed by atoms with Crippen LogP contribution >= 0.6 is 0 Å². The third-order valence-electron chi connectivity index (χ3n) is 3.27. The van der Waals surface area contributed by atoms with Crippen LogP contribution in [0.2, 0.25) is 0 Å². The molecule has 1 heterocycles. The van der Waals surface area contributed by atoms with E-state index in [1.807, 2.05) is 6.26 Å². The molecule has 0 bridgehead atoms. The van der Waals surface area contributed by atoms with E-state index in [1.165, 1.54) is 37.7 Å². The first-order valence-corrected chi connectivity index (χ1v) is 7.41. The average Bonchev–Trinajstić information content (AvgIpc) is 2.74. The molecular formula is C12H20O2S. The highest BCUT2D eigenvalue weighted by Gasteiger charge is 2.20. The van der Waals surface area contributed by atoms with Gasteiger partial charge in [-0.3, -0.25) is 4.21 Å². The largest absolute Gasteiger partial charge is 0.500 e. The maximum atomic E-state index is 11.6. The van der Waals surface area contributed by atoms with Gasteiger partial charge in [0, 0.05) is 16.6 Å². The summed E-state index contributed by atoms with van der Waals surface area (Å²) in [6.07, 6.45) is 10.4. The van der Waals surface area contributed by atoms with Crippen LogP contribution in [0.3, 0.4) is 0 Å². The molecule has 0 radical (unpaired) electrons. The number of hydrogen-bond acceptors (Lipinski definition) is 2. The second kappa shape index (κ2) is 5.69. The molecule has 1 saturated heterocycles. The lowest BCUT2D eigenvalue weighted by molar-refractivity contribution is 0.239.